The van der Waals surface area contributed by atoms with Crippen LogP contribution < -0.4 is 9.64 Å². The summed E-state index contributed by atoms with van der Waals surface area (Å²) >= 11 is 0. The summed E-state index contributed by atoms with van der Waals surface area (Å²) in [7, 11) is 0. The Morgan fingerprint density at radius 2 is 1.77 bits per heavy atom. The molecule has 30 heavy (non-hydrogen) atoms. The average Bonchev–Trinajstić information content (AvgIpc) is 3.07. The summed E-state index contributed by atoms with van der Waals surface area (Å²) in [6, 6.07) is 16.0. The van der Waals surface area contributed by atoms with Gasteiger partial charge >= 0.3 is 0 Å². The van der Waals surface area contributed by atoms with Gasteiger partial charge in [-0.3, -0.25) is 14.4 Å². The first-order valence-corrected chi connectivity index (χ1v) is 10.5. The first-order valence-electron chi connectivity index (χ1n) is 10.5. The van der Waals surface area contributed by atoms with Crippen LogP contribution in [0.1, 0.15) is 38.7 Å². The van der Waals surface area contributed by atoms with Crippen molar-refractivity contribution in [3.8, 4) is 5.75 Å². The topological polar surface area (TPSA) is 66.9 Å². The molecule has 1 heterocycles. The highest BCUT2D eigenvalue weighted by Crippen LogP contribution is 2.28. The number of anilines is 1. The van der Waals surface area contributed by atoms with Crippen LogP contribution in [0.4, 0.5) is 5.69 Å². The lowest BCUT2D eigenvalue weighted by molar-refractivity contribution is -0.138. The van der Waals surface area contributed by atoms with Gasteiger partial charge in [-0.2, -0.15) is 0 Å². The molecule has 0 aromatic heterocycles. The van der Waals surface area contributed by atoms with Gasteiger partial charge in [0.1, 0.15) is 11.8 Å². The molecule has 0 unspecified atom stereocenters. The molecular weight excluding hydrogens is 380 g/mol. The van der Waals surface area contributed by atoms with Gasteiger partial charge in [0.25, 0.3) is 5.91 Å². The van der Waals surface area contributed by atoms with Crippen LogP contribution in [-0.4, -0.2) is 41.8 Å². The lowest BCUT2D eigenvalue weighted by Gasteiger charge is -2.27. The van der Waals surface area contributed by atoms with E-state index in [0.29, 0.717) is 31.0 Å². The van der Waals surface area contributed by atoms with Crippen molar-refractivity contribution < 1.29 is 19.1 Å². The van der Waals surface area contributed by atoms with E-state index in [-0.39, 0.29) is 30.6 Å². The highest BCUT2D eigenvalue weighted by atomic mass is 16.5. The van der Waals surface area contributed by atoms with Gasteiger partial charge in [-0.15, -0.1) is 0 Å². The second-order valence-electron chi connectivity index (χ2n) is 7.31. The Labute approximate surface area is 177 Å². The minimum absolute atomic E-state index is 0.00739. The van der Waals surface area contributed by atoms with E-state index in [2.05, 4.69) is 0 Å². The largest absolute Gasteiger partial charge is 0.494 e. The molecule has 158 valence electrons. The van der Waals surface area contributed by atoms with Crippen LogP contribution in [-0.2, 0) is 20.8 Å². The number of imide groups is 1. The molecule has 1 fully saturated rings. The van der Waals surface area contributed by atoms with Crippen molar-refractivity contribution in [3.05, 3.63) is 60.2 Å². The smallest absolute Gasteiger partial charge is 0.257 e. The number of carbonyl (C=O) groups is 3. The summed E-state index contributed by atoms with van der Waals surface area (Å²) in [6.07, 6.45) is 1.83. The van der Waals surface area contributed by atoms with E-state index in [1.165, 1.54) is 4.90 Å². The van der Waals surface area contributed by atoms with E-state index >= 15 is 0 Å². The quantitative estimate of drug-likeness (QED) is 0.595. The van der Waals surface area contributed by atoms with Gasteiger partial charge in [-0.05, 0) is 42.7 Å². The van der Waals surface area contributed by atoms with Crippen LogP contribution in [0, 0.1) is 0 Å². The molecule has 6 heteroatoms. The highest BCUT2D eigenvalue weighted by molar-refractivity contribution is 6.23. The fourth-order valence-electron chi connectivity index (χ4n) is 3.59. The molecule has 3 rings (SSSR count). The van der Waals surface area contributed by atoms with Crippen LogP contribution in [0.25, 0.3) is 0 Å². The third kappa shape index (κ3) is 4.87. The number of hydrogen-bond acceptors (Lipinski definition) is 4. The molecule has 1 aliphatic heterocycles. The van der Waals surface area contributed by atoms with Gasteiger partial charge in [0, 0.05) is 13.0 Å². The molecule has 0 radical (unpaired) electrons. The van der Waals surface area contributed by atoms with Gasteiger partial charge in [-0.25, -0.2) is 4.90 Å². The van der Waals surface area contributed by atoms with Crippen LogP contribution in [0.3, 0.4) is 0 Å². The number of benzene rings is 2. The molecule has 0 N–H and O–H groups in total. The van der Waals surface area contributed by atoms with E-state index in [0.717, 1.165) is 12.0 Å². The van der Waals surface area contributed by atoms with Gasteiger partial charge in [0.15, 0.2) is 0 Å². The molecule has 2 aromatic carbocycles. The molecule has 1 aliphatic rings. The maximum Gasteiger partial charge on any atom is 0.257 e. The van der Waals surface area contributed by atoms with Crippen molar-refractivity contribution in [1.29, 1.82) is 0 Å². The molecule has 1 saturated heterocycles. The molecule has 0 spiro atoms. The second-order valence-corrected chi connectivity index (χ2v) is 7.31. The molecule has 3 amide bonds. The Balaban J connectivity index is 1.75. The monoisotopic (exact) mass is 408 g/mol. The van der Waals surface area contributed by atoms with Crippen molar-refractivity contribution in [2.75, 3.05) is 18.1 Å². The van der Waals surface area contributed by atoms with Crippen LogP contribution >= 0.6 is 0 Å². The molecule has 2 aromatic rings. The minimum Gasteiger partial charge on any atom is -0.494 e. The number of nitrogens with zero attached hydrogens (tertiary/aromatic N) is 2. The number of ether oxygens (including phenoxy) is 1. The van der Waals surface area contributed by atoms with Gasteiger partial charge in [-0.1, -0.05) is 44.2 Å². The van der Waals surface area contributed by atoms with Crippen molar-refractivity contribution in [2.24, 2.45) is 0 Å². The summed E-state index contributed by atoms with van der Waals surface area (Å²) < 4.78 is 5.56. The van der Waals surface area contributed by atoms with Gasteiger partial charge < -0.3 is 9.64 Å². The fraction of sp³-hybridized carbons (Fsp3) is 0.375. The van der Waals surface area contributed by atoms with Crippen LogP contribution in [0.15, 0.2) is 54.6 Å². The zero-order chi connectivity index (χ0) is 21.5. The summed E-state index contributed by atoms with van der Waals surface area (Å²) in [5.41, 5.74) is 1.59. The van der Waals surface area contributed by atoms with Gasteiger partial charge in [0.05, 0.1) is 18.7 Å². The van der Waals surface area contributed by atoms with E-state index < -0.39 is 6.04 Å². The first-order chi connectivity index (χ1) is 14.5. The third-order valence-corrected chi connectivity index (χ3v) is 5.17. The Hall–Kier alpha value is -3.15. The number of amides is 3. The van der Waals surface area contributed by atoms with E-state index in [9.17, 15) is 14.4 Å². The van der Waals surface area contributed by atoms with Crippen molar-refractivity contribution in [1.82, 2.24) is 4.90 Å². The summed E-state index contributed by atoms with van der Waals surface area (Å²) in [4.78, 5) is 41.1. The number of carbonyl (C=O) groups excluding carboxylic acids is 3. The van der Waals surface area contributed by atoms with E-state index in [1.807, 2.05) is 37.3 Å². The van der Waals surface area contributed by atoms with Crippen LogP contribution in [0.2, 0.25) is 0 Å². The van der Waals surface area contributed by atoms with Crippen molar-refractivity contribution in [3.63, 3.8) is 0 Å². The molecule has 1 atom stereocenters. The molecule has 6 nitrogen and oxygen atoms in total. The summed E-state index contributed by atoms with van der Waals surface area (Å²) in [6.45, 7) is 4.81. The lowest BCUT2D eigenvalue weighted by Crippen LogP contribution is -2.46. The summed E-state index contributed by atoms with van der Waals surface area (Å²) in [5.74, 6) is -0.0675. The Morgan fingerprint density at radius 3 is 2.40 bits per heavy atom. The minimum atomic E-state index is -0.760. The zero-order valence-electron chi connectivity index (χ0n) is 17.5. The highest BCUT2D eigenvalue weighted by Gasteiger charge is 2.43. The Kier molecular flexibility index (Phi) is 7.22. The standard InChI is InChI=1S/C24H28N2O4/c1-3-16-30-20-12-10-19(11-13-20)26-23(28)17-21(24(26)29)25(22(27)4-2)15-14-18-8-6-5-7-9-18/h5-13,21H,3-4,14-17H2,1-2H3/t21-/m0/s1. The molecular formula is C24H28N2O4. The third-order valence-electron chi connectivity index (χ3n) is 5.17. The van der Waals surface area contributed by atoms with E-state index in [1.54, 1.807) is 36.1 Å². The van der Waals surface area contributed by atoms with Crippen molar-refractivity contribution >= 4 is 23.4 Å². The molecule has 0 saturated carbocycles. The first kappa shape index (κ1) is 21.6. The van der Waals surface area contributed by atoms with Crippen LogP contribution in [0.5, 0.6) is 5.75 Å². The SMILES string of the molecule is CCCOc1ccc(N2C(=O)C[C@H](N(CCc3ccccc3)C(=O)CC)C2=O)cc1. The second kappa shape index (κ2) is 10.1. The Bertz CT molecular complexity index is 880. The van der Waals surface area contributed by atoms with Gasteiger partial charge in [0.2, 0.25) is 11.8 Å². The number of rotatable bonds is 9. The Morgan fingerprint density at radius 1 is 1.07 bits per heavy atom. The normalized spacial score (nSPS) is 16.1. The van der Waals surface area contributed by atoms with E-state index in [4.69, 9.17) is 4.74 Å². The molecule has 0 bridgehead atoms. The lowest BCUT2D eigenvalue weighted by atomic mass is 10.1. The molecule has 0 aliphatic carbocycles. The zero-order valence-corrected chi connectivity index (χ0v) is 17.5. The average molecular weight is 408 g/mol. The summed E-state index contributed by atoms with van der Waals surface area (Å²) in [5, 5.41) is 0. The fourth-order valence-corrected chi connectivity index (χ4v) is 3.59. The van der Waals surface area contributed by atoms with Crippen molar-refractivity contribution in [2.45, 2.75) is 45.6 Å². The number of hydrogen-bond donors (Lipinski definition) is 0. The maximum atomic E-state index is 13.1. The predicted molar refractivity (Wildman–Crippen MR) is 115 cm³/mol. The predicted octanol–water partition coefficient (Wildman–Crippen LogP) is 3.59. The maximum absolute atomic E-state index is 13.1.